The molecule has 0 aliphatic heterocycles. The van der Waals surface area contributed by atoms with Crippen molar-refractivity contribution in [1.82, 2.24) is 4.90 Å². The largest absolute Gasteiger partial charge is 0.297 e. The fourth-order valence-corrected chi connectivity index (χ4v) is 1.53. The maximum absolute atomic E-state index is 4.24. The molecule has 0 saturated heterocycles. The Bertz CT molecular complexity index is 173. The molecule has 1 fully saturated rings. The summed E-state index contributed by atoms with van der Waals surface area (Å²) in [5, 5.41) is 0. The molecule has 76 valence electrons. The standard InChI is InChI=1S/C11H21NS/c1-9(2)12(6-10(3)8-13)7-11-4-5-11/h9,11,13H,3-8H2,1-2H3. The smallest absolute Gasteiger partial charge is 0.0201 e. The average molecular weight is 199 g/mol. The van der Waals surface area contributed by atoms with E-state index in [1.165, 1.54) is 25.0 Å². The van der Waals surface area contributed by atoms with Crippen molar-refractivity contribution in [3.8, 4) is 0 Å². The summed E-state index contributed by atoms with van der Waals surface area (Å²) in [5.74, 6) is 1.78. The van der Waals surface area contributed by atoms with Crippen LogP contribution in [0, 0.1) is 5.92 Å². The van der Waals surface area contributed by atoms with Crippen LogP contribution in [0.1, 0.15) is 26.7 Å². The lowest BCUT2D eigenvalue weighted by atomic mass is 10.2. The lowest BCUT2D eigenvalue weighted by molar-refractivity contribution is 0.231. The summed E-state index contributed by atoms with van der Waals surface area (Å²) >= 11 is 4.24. The molecule has 1 rings (SSSR count). The van der Waals surface area contributed by atoms with E-state index in [2.05, 4.69) is 38.0 Å². The Morgan fingerprint density at radius 2 is 2.15 bits per heavy atom. The van der Waals surface area contributed by atoms with Crippen molar-refractivity contribution < 1.29 is 0 Å². The van der Waals surface area contributed by atoms with E-state index in [0.717, 1.165) is 18.2 Å². The van der Waals surface area contributed by atoms with Crippen molar-refractivity contribution >= 4 is 12.6 Å². The van der Waals surface area contributed by atoms with E-state index in [9.17, 15) is 0 Å². The van der Waals surface area contributed by atoms with Crippen LogP contribution in [0.25, 0.3) is 0 Å². The molecule has 0 spiro atoms. The zero-order valence-corrected chi connectivity index (χ0v) is 9.69. The molecule has 13 heavy (non-hydrogen) atoms. The summed E-state index contributed by atoms with van der Waals surface area (Å²) in [4.78, 5) is 2.51. The number of thiol groups is 1. The summed E-state index contributed by atoms with van der Waals surface area (Å²) in [6.07, 6.45) is 2.85. The summed E-state index contributed by atoms with van der Waals surface area (Å²) in [5.41, 5.74) is 1.23. The van der Waals surface area contributed by atoms with Crippen LogP contribution in [0.15, 0.2) is 12.2 Å². The predicted molar refractivity (Wildman–Crippen MR) is 62.4 cm³/mol. The first-order valence-corrected chi connectivity index (χ1v) is 5.78. The maximum Gasteiger partial charge on any atom is 0.0201 e. The Kier molecular flexibility index (Phi) is 4.33. The average Bonchev–Trinajstić information content (AvgIpc) is 2.86. The monoisotopic (exact) mass is 199 g/mol. The third-order valence-electron chi connectivity index (χ3n) is 2.57. The first-order valence-electron chi connectivity index (χ1n) is 5.15. The van der Waals surface area contributed by atoms with E-state index < -0.39 is 0 Å². The first kappa shape index (κ1) is 11.1. The topological polar surface area (TPSA) is 3.24 Å². The van der Waals surface area contributed by atoms with E-state index in [1.54, 1.807) is 0 Å². The summed E-state index contributed by atoms with van der Waals surface area (Å²) < 4.78 is 0. The highest BCUT2D eigenvalue weighted by molar-refractivity contribution is 7.80. The van der Waals surface area contributed by atoms with Crippen LogP contribution in [0.3, 0.4) is 0 Å². The predicted octanol–water partition coefficient (Wildman–Crippen LogP) is 2.59. The van der Waals surface area contributed by atoms with Gasteiger partial charge in [0, 0.05) is 24.9 Å². The molecular formula is C11H21NS. The van der Waals surface area contributed by atoms with Gasteiger partial charge in [0.05, 0.1) is 0 Å². The van der Waals surface area contributed by atoms with Gasteiger partial charge < -0.3 is 0 Å². The van der Waals surface area contributed by atoms with Gasteiger partial charge in [-0.25, -0.2) is 0 Å². The quantitative estimate of drug-likeness (QED) is 0.508. The number of hydrogen-bond acceptors (Lipinski definition) is 2. The number of rotatable bonds is 6. The molecule has 1 nitrogen and oxygen atoms in total. The van der Waals surface area contributed by atoms with Crippen molar-refractivity contribution in [3.63, 3.8) is 0 Å². The van der Waals surface area contributed by atoms with Gasteiger partial charge in [-0.3, -0.25) is 4.90 Å². The van der Waals surface area contributed by atoms with Gasteiger partial charge in [0.25, 0.3) is 0 Å². The molecule has 0 aromatic rings. The van der Waals surface area contributed by atoms with E-state index in [4.69, 9.17) is 0 Å². The van der Waals surface area contributed by atoms with E-state index >= 15 is 0 Å². The van der Waals surface area contributed by atoms with Crippen LogP contribution in [-0.4, -0.2) is 29.8 Å². The van der Waals surface area contributed by atoms with E-state index in [0.29, 0.717) is 6.04 Å². The summed E-state index contributed by atoms with van der Waals surface area (Å²) in [7, 11) is 0. The van der Waals surface area contributed by atoms with Crippen molar-refractivity contribution in [2.75, 3.05) is 18.8 Å². The molecule has 1 saturated carbocycles. The zero-order chi connectivity index (χ0) is 9.84. The minimum Gasteiger partial charge on any atom is -0.297 e. The second kappa shape index (κ2) is 5.06. The number of nitrogens with zero attached hydrogens (tertiary/aromatic N) is 1. The van der Waals surface area contributed by atoms with Crippen LogP contribution in [-0.2, 0) is 0 Å². The van der Waals surface area contributed by atoms with E-state index in [1.807, 2.05) is 0 Å². The van der Waals surface area contributed by atoms with Gasteiger partial charge in [-0.1, -0.05) is 12.2 Å². The molecule has 0 atom stereocenters. The SMILES string of the molecule is C=C(CS)CN(CC1CC1)C(C)C. The lowest BCUT2D eigenvalue weighted by Crippen LogP contribution is -2.34. The fraction of sp³-hybridized carbons (Fsp3) is 0.818. The number of hydrogen-bond donors (Lipinski definition) is 1. The minimum absolute atomic E-state index is 0.636. The van der Waals surface area contributed by atoms with Gasteiger partial charge >= 0.3 is 0 Å². The van der Waals surface area contributed by atoms with Gasteiger partial charge in [-0.2, -0.15) is 12.6 Å². The highest BCUT2D eigenvalue weighted by atomic mass is 32.1. The Labute approximate surface area is 87.6 Å². The molecule has 0 bridgehead atoms. The highest BCUT2D eigenvalue weighted by Crippen LogP contribution is 2.30. The molecule has 0 unspecified atom stereocenters. The van der Waals surface area contributed by atoms with Gasteiger partial charge in [-0.15, -0.1) is 0 Å². The normalized spacial score (nSPS) is 17.0. The molecule has 0 aromatic heterocycles. The summed E-state index contributed by atoms with van der Waals surface area (Å²) in [6.45, 7) is 10.8. The molecule has 0 heterocycles. The Morgan fingerprint density at radius 3 is 2.54 bits per heavy atom. The first-order chi connectivity index (χ1) is 6.13. The molecule has 1 aliphatic rings. The van der Waals surface area contributed by atoms with Gasteiger partial charge in [0.2, 0.25) is 0 Å². The summed E-state index contributed by atoms with van der Waals surface area (Å²) in [6, 6.07) is 0.636. The Balaban J connectivity index is 2.31. The fourth-order valence-electron chi connectivity index (χ4n) is 1.43. The van der Waals surface area contributed by atoms with Crippen molar-refractivity contribution in [2.45, 2.75) is 32.7 Å². The van der Waals surface area contributed by atoms with E-state index in [-0.39, 0.29) is 0 Å². The molecule has 0 N–H and O–H groups in total. The van der Waals surface area contributed by atoms with Crippen LogP contribution in [0.4, 0.5) is 0 Å². The van der Waals surface area contributed by atoms with Crippen LogP contribution < -0.4 is 0 Å². The van der Waals surface area contributed by atoms with Gasteiger partial charge in [0.1, 0.15) is 0 Å². The second-order valence-corrected chi connectivity index (χ2v) is 4.69. The Morgan fingerprint density at radius 1 is 1.54 bits per heavy atom. The van der Waals surface area contributed by atoms with Crippen molar-refractivity contribution in [3.05, 3.63) is 12.2 Å². The zero-order valence-electron chi connectivity index (χ0n) is 8.79. The van der Waals surface area contributed by atoms with Crippen molar-refractivity contribution in [2.24, 2.45) is 5.92 Å². The van der Waals surface area contributed by atoms with Gasteiger partial charge in [-0.05, 0) is 32.6 Å². The molecule has 0 amide bonds. The molecule has 1 aliphatic carbocycles. The lowest BCUT2D eigenvalue weighted by Gasteiger charge is -2.26. The third kappa shape index (κ3) is 4.19. The van der Waals surface area contributed by atoms with Gasteiger partial charge in [0.15, 0.2) is 0 Å². The molecule has 0 radical (unpaired) electrons. The maximum atomic E-state index is 4.24. The highest BCUT2D eigenvalue weighted by Gasteiger charge is 2.25. The molecule has 0 aromatic carbocycles. The molecular weight excluding hydrogens is 178 g/mol. The van der Waals surface area contributed by atoms with Crippen molar-refractivity contribution in [1.29, 1.82) is 0 Å². The second-order valence-electron chi connectivity index (χ2n) is 4.37. The molecule has 2 heteroatoms. The van der Waals surface area contributed by atoms with Crippen LogP contribution in [0.2, 0.25) is 0 Å². The van der Waals surface area contributed by atoms with Crippen LogP contribution >= 0.6 is 12.6 Å². The minimum atomic E-state index is 0.636. The van der Waals surface area contributed by atoms with Crippen LogP contribution in [0.5, 0.6) is 0 Å². The Hall–Kier alpha value is 0.0500. The third-order valence-corrected chi connectivity index (χ3v) is 3.02.